The first-order valence-corrected chi connectivity index (χ1v) is 5.81. The van der Waals surface area contributed by atoms with Crippen LogP contribution in [-0.4, -0.2) is 11.1 Å². The predicted molar refractivity (Wildman–Crippen MR) is 69.2 cm³/mol. The molecule has 1 N–H and O–H groups in total. The largest absolute Gasteiger partial charge is 0.478 e. The van der Waals surface area contributed by atoms with Gasteiger partial charge in [0.1, 0.15) is 0 Å². The third-order valence-electron chi connectivity index (χ3n) is 2.22. The topological polar surface area (TPSA) is 37.3 Å². The molecule has 0 spiro atoms. The van der Waals surface area contributed by atoms with Gasteiger partial charge in [-0.2, -0.15) is 0 Å². The summed E-state index contributed by atoms with van der Waals surface area (Å²) in [4.78, 5) is 11.1. The van der Waals surface area contributed by atoms with Gasteiger partial charge in [0.25, 0.3) is 0 Å². The van der Waals surface area contributed by atoms with E-state index in [1.165, 1.54) is 0 Å². The molecule has 2 nitrogen and oxygen atoms in total. The highest BCUT2D eigenvalue weighted by molar-refractivity contribution is 9.10. The molecule has 0 radical (unpaired) electrons. The van der Waals surface area contributed by atoms with E-state index in [1.807, 2.05) is 45.0 Å². The van der Waals surface area contributed by atoms with Gasteiger partial charge >= 0.3 is 5.97 Å². The molecule has 0 amide bonds. The first-order valence-electron chi connectivity index (χ1n) is 5.02. The number of hydrogen-bond acceptors (Lipinski definition) is 1. The highest BCUT2D eigenvalue weighted by Gasteiger charge is 2.23. The molecular formula is C13H15BrO2. The van der Waals surface area contributed by atoms with Gasteiger partial charge in [0.15, 0.2) is 0 Å². The van der Waals surface area contributed by atoms with Crippen LogP contribution in [0.2, 0.25) is 0 Å². The summed E-state index contributed by atoms with van der Waals surface area (Å²) in [6.45, 7) is 5.68. The third kappa shape index (κ3) is 3.49. The van der Waals surface area contributed by atoms with Crippen LogP contribution in [0.5, 0.6) is 0 Å². The molecule has 0 aliphatic carbocycles. The fourth-order valence-electron chi connectivity index (χ4n) is 1.32. The fourth-order valence-corrected chi connectivity index (χ4v) is 1.59. The quantitative estimate of drug-likeness (QED) is 0.834. The van der Waals surface area contributed by atoms with Crippen LogP contribution in [0.1, 0.15) is 26.3 Å². The maximum Gasteiger partial charge on any atom is 0.332 e. The standard InChI is InChI=1S/C13H15BrO2/c1-13(2,3)11(12(15)16)8-9-4-6-10(14)7-5-9/h4-8H,1-3H3,(H,15,16)/b11-8-. The van der Waals surface area contributed by atoms with Crippen LogP contribution in [0.4, 0.5) is 0 Å². The number of rotatable bonds is 2. The average Bonchev–Trinajstić information content (AvgIpc) is 2.14. The molecular weight excluding hydrogens is 268 g/mol. The van der Waals surface area contributed by atoms with Crippen molar-refractivity contribution in [2.24, 2.45) is 5.41 Å². The summed E-state index contributed by atoms with van der Waals surface area (Å²) in [5.74, 6) is -0.865. The molecule has 0 fully saturated rings. The third-order valence-corrected chi connectivity index (χ3v) is 2.75. The molecule has 0 unspecified atom stereocenters. The Labute approximate surface area is 104 Å². The van der Waals surface area contributed by atoms with Crippen LogP contribution in [0.15, 0.2) is 34.3 Å². The van der Waals surface area contributed by atoms with Gasteiger partial charge in [0.2, 0.25) is 0 Å². The van der Waals surface area contributed by atoms with Crippen LogP contribution in [0.25, 0.3) is 6.08 Å². The molecule has 1 aromatic carbocycles. The Morgan fingerprint density at radius 2 is 1.75 bits per heavy atom. The zero-order valence-electron chi connectivity index (χ0n) is 9.62. The van der Waals surface area contributed by atoms with Crippen LogP contribution in [0, 0.1) is 5.41 Å². The van der Waals surface area contributed by atoms with Gasteiger partial charge in [-0.25, -0.2) is 4.79 Å². The van der Waals surface area contributed by atoms with Crippen molar-refractivity contribution in [1.29, 1.82) is 0 Å². The van der Waals surface area contributed by atoms with Crippen LogP contribution < -0.4 is 0 Å². The first-order chi connectivity index (χ1) is 7.30. The summed E-state index contributed by atoms with van der Waals surface area (Å²) >= 11 is 3.34. The van der Waals surface area contributed by atoms with Crippen molar-refractivity contribution in [2.45, 2.75) is 20.8 Å². The van der Waals surface area contributed by atoms with E-state index in [1.54, 1.807) is 6.08 Å². The smallest absolute Gasteiger partial charge is 0.332 e. The van der Waals surface area contributed by atoms with Crippen molar-refractivity contribution in [3.63, 3.8) is 0 Å². The van der Waals surface area contributed by atoms with Crippen molar-refractivity contribution < 1.29 is 9.90 Å². The lowest BCUT2D eigenvalue weighted by Gasteiger charge is -2.19. The summed E-state index contributed by atoms with van der Waals surface area (Å²) in [6.07, 6.45) is 1.72. The van der Waals surface area contributed by atoms with E-state index in [0.717, 1.165) is 10.0 Å². The van der Waals surface area contributed by atoms with E-state index in [-0.39, 0.29) is 5.41 Å². The van der Waals surface area contributed by atoms with E-state index in [9.17, 15) is 4.79 Å². The summed E-state index contributed by atoms with van der Waals surface area (Å²) in [6, 6.07) is 7.57. The maximum absolute atomic E-state index is 11.1. The van der Waals surface area contributed by atoms with Crippen LogP contribution >= 0.6 is 15.9 Å². The molecule has 0 saturated heterocycles. The normalized spacial score (nSPS) is 12.6. The van der Waals surface area contributed by atoms with Crippen LogP contribution in [0.3, 0.4) is 0 Å². The Hall–Kier alpha value is -1.09. The second-order valence-corrected chi connectivity index (χ2v) is 5.58. The van der Waals surface area contributed by atoms with Crippen molar-refractivity contribution >= 4 is 28.0 Å². The predicted octanol–water partition coefficient (Wildman–Crippen LogP) is 3.96. The lowest BCUT2D eigenvalue weighted by molar-refractivity contribution is -0.133. The minimum absolute atomic E-state index is 0.362. The zero-order chi connectivity index (χ0) is 12.3. The second kappa shape index (κ2) is 4.83. The molecule has 16 heavy (non-hydrogen) atoms. The van der Waals surface area contributed by atoms with Crippen molar-refractivity contribution in [1.82, 2.24) is 0 Å². The van der Waals surface area contributed by atoms with Gasteiger partial charge in [-0.15, -0.1) is 0 Å². The number of halogens is 1. The van der Waals surface area contributed by atoms with Gasteiger partial charge < -0.3 is 5.11 Å². The van der Waals surface area contributed by atoms with Crippen molar-refractivity contribution in [3.05, 3.63) is 39.9 Å². The van der Waals surface area contributed by atoms with Crippen molar-refractivity contribution in [2.75, 3.05) is 0 Å². The minimum Gasteiger partial charge on any atom is -0.478 e. The number of carboxylic acids is 1. The Balaban J connectivity index is 3.13. The molecule has 86 valence electrons. The first kappa shape index (κ1) is 13.0. The van der Waals surface area contributed by atoms with Crippen LogP contribution in [-0.2, 0) is 4.79 Å². The Bertz CT molecular complexity index is 411. The highest BCUT2D eigenvalue weighted by Crippen LogP contribution is 2.27. The van der Waals surface area contributed by atoms with E-state index in [0.29, 0.717) is 5.57 Å². The van der Waals surface area contributed by atoms with E-state index in [4.69, 9.17) is 5.11 Å². The molecule has 0 aliphatic heterocycles. The Morgan fingerprint density at radius 1 is 1.25 bits per heavy atom. The molecule has 1 rings (SSSR count). The number of carbonyl (C=O) groups is 1. The molecule has 0 bridgehead atoms. The lowest BCUT2D eigenvalue weighted by Crippen LogP contribution is -2.17. The summed E-state index contributed by atoms with van der Waals surface area (Å²) in [5, 5.41) is 9.15. The SMILES string of the molecule is CC(C)(C)/C(=C\c1ccc(Br)cc1)C(=O)O. The minimum atomic E-state index is -0.865. The Kier molecular flexibility index (Phi) is 3.92. The van der Waals surface area contributed by atoms with Gasteiger partial charge in [0, 0.05) is 10.0 Å². The van der Waals surface area contributed by atoms with Gasteiger partial charge in [-0.05, 0) is 29.2 Å². The number of aliphatic carboxylic acids is 1. The number of carboxylic acid groups (broad SMARTS) is 1. The molecule has 1 aromatic rings. The monoisotopic (exact) mass is 282 g/mol. The van der Waals surface area contributed by atoms with E-state index in [2.05, 4.69) is 15.9 Å². The van der Waals surface area contributed by atoms with E-state index >= 15 is 0 Å². The lowest BCUT2D eigenvalue weighted by atomic mass is 9.85. The van der Waals surface area contributed by atoms with E-state index < -0.39 is 5.97 Å². The number of benzene rings is 1. The zero-order valence-corrected chi connectivity index (χ0v) is 11.2. The molecule has 3 heteroatoms. The van der Waals surface area contributed by atoms with Crippen molar-refractivity contribution in [3.8, 4) is 0 Å². The van der Waals surface area contributed by atoms with Gasteiger partial charge in [0.05, 0.1) is 0 Å². The Morgan fingerprint density at radius 3 is 2.12 bits per heavy atom. The number of hydrogen-bond donors (Lipinski definition) is 1. The molecule has 0 aromatic heterocycles. The summed E-state index contributed by atoms with van der Waals surface area (Å²) in [7, 11) is 0. The van der Waals surface area contributed by atoms with Gasteiger partial charge in [-0.1, -0.05) is 48.8 Å². The summed E-state index contributed by atoms with van der Waals surface area (Å²) in [5.41, 5.74) is 0.948. The van der Waals surface area contributed by atoms with Gasteiger partial charge in [-0.3, -0.25) is 0 Å². The molecule has 0 heterocycles. The maximum atomic E-state index is 11.1. The molecule has 0 aliphatic rings. The molecule has 0 saturated carbocycles. The fraction of sp³-hybridized carbons (Fsp3) is 0.308. The average molecular weight is 283 g/mol. The highest BCUT2D eigenvalue weighted by atomic mass is 79.9. The second-order valence-electron chi connectivity index (χ2n) is 4.66. The molecule has 0 atom stereocenters. The summed E-state index contributed by atoms with van der Waals surface area (Å²) < 4.78 is 0.984.